The molecule has 1 aliphatic heterocycles. The Morgan fingerprint density at radius 2 is 1.88 bits per heavy atom. The first-order valence-corrected chi connectivity index (χ1v) is 17.7. The Morgan fingerprint density at radius 3 is 2.61 bits per heavy atom. The topological polar surface area (TPSA) is 184 Å². The molecule has 2 fully saturated rings. The predicted molar refractivity (Wildman–Crippen MR) is 186 cm³/mol. The molecule has 0 unspecified atom stereocenters. The zero-order valence-electron chi connectivity index (χ0n) is 28.9. The Kier molecular flexibility index (Phi) is 10.4. The monoisotopic (exact) mass is 728 g/mol. The number of halogens is 2. The standard InChI is InChI=1S/C33H42F2N10O5S/c1-18-39-31(49-21-9-7-19(8-10-21)41-32(48)50-33(2,3)4)28(51-18)30(47)40-20-6-5-13-43(15-20)24-14-23(45-27(24)29(36)37-17-38-45)22-11-12-26(46)44(42-22)16-25(34)35/h11-12,14,17,19-21,25H,5-10,13,15-16H2,1-4H3,(H,40,47)(H,41,48)(H2,36,37,38)/t19?,20-,21?/m1/s1. The molecule has 2 aliphatic rings. The Hall–Kier alpha value is -4.87. The van der Waals surface area contributed by atoms with Crippen molar-refractivity contribution in [3.63, 3.8) is 0 Å². The van der Waals surface area contributed by atoms with Crippen molar-refractivity contribution in [2.45, 2.75) is 103 Å². The highest BCUT2D eigenvalue weighted by Crippen LogP contribution is 2.35. The quantitative estimate of drug-likeness (QED) is 0.225. The number of nitrogens with one attached hydrogen (secondary N) is 2. The first-order valence-electron chi connectivity index (χ1n) is 16.9. The van der Waals surface area contributed by atoms with Crippen LogP contribution in [-0.2, 0) is 11.3 Å². The molecule has 1 aliphatic carbocycles. The van der Waals surface area contributed by atoms with Gasteiger partial charge in [0, 0.05) is 31.2 Å². The molecule has 6 rings (SSSR count). The van der Waals surface area contributed by atoms with Crippen LogP contribution < -0.4 is 31.6 Å². The van der Waals surface area contributed by atoms with E-state index >= 15 is 0 Å². The lowest BCUT2D eigenvalue weighted by Gasteiger charge is -2.34. The number of amides is 2. The summed E-state index contributed by atoms with van der Waals surface area (Å²) < 4.78 is 40.2. The lowest BCUT2D eigenvalue weighted by atomic mass is 9.93. The Labute approximate surface area is 296 Å². The van der Waals surface area contributed by atoms with Gasteiger partial charge in [-0.25, -0.2) is 32.7 Å². The molecule has 4 N–H and O–H groups in total. The van der Waals surface area contributed by atoms with Crippen LogP contribution in [0.25, 0.3) is 16.9 Å². The van der Waals surface area contributed by atoms with Gasteiger partial charge in [0.25, 0.3) is 17.9 Å². The molecule has 4 aromatic rings. The van der Waals surface area contributed by atoms with Gasteiger partial charge in [-0.1, -0.05) is 0 Å². The fraction of sp³-hybridized carbons (Fsp3) is 0.545. The van der Waals surface area contributed by atoms with Crippen molar-refractivity contribution in [2.24, 2.45) is 0 Å². The number of carbonyl (C=O) groups is 2. The maximum Gasteiger partial charge on any atom is 0.407 e. The third-order valence-electron chi connectivity index (χ3n) is 8.68. The molecule has 0 aromatic carbocycles. The summed E-state index contributed by atoms with van der Waals surface area (Å²) in [7, 11) is 0. The number of thiazole rings is 1. The molecule has 2 amide bonds. The smallest absolute Gasteiger partial charge is 0.407 e. The van der Waals surface area contributed by atoms with Gasteiger partial charge in [-0.15, -0.1) is 11.3 Å². The molecule has 5 heterocycles. The molecule has 274 valence electrons. The fourth-order valence-electron chi connectivity index (χ4n) is 6.47. The van der Waals surface area contributed by atoms with Gasteiger partial charge in [0.05, 0.1) is 16.4 Å². The van der Waals surface area contributed by atoms with E-state index in [9.17, 15) is 23.2 Å². The average Bonchev–Trinajstić information content (AvgIpc) is 3.63. The van der Waals surface area contributed by atoms with Crippen LogP contribution in [0.1, 0.15) is 74.0 Å². The number of nitrogen functional groups attached to an aromatic ring is 1. The number of aryl methyl sites for hydroxylation is 1. The molecule has 18 heteroatoms. The number of rotatable bonds is 9. The van der Waals surface area contributed by atoms with Gasteiger partial charge in [0.1, 0.15) is 35.8 Å². The van der Waals surface area contributed by atoms with Crippen molar-refractivity contribution in [3.8, 4) is 17.3 Å². The van der Waals surface area contributed by atoms with Crippen LogP contribution in [0.3, 0.4) is 0 Å². The van der Waals surface area contributed by atoms with E-state index in [1.54, 1.807) is 6.07 Å². The van der Waals surface area contributed by atoms with E-state index in [0.717, 1.165) is 17.5 Å². The highest BCUT2D eigenvalue weighted by molar-refractivity contribution is 7.13. The summed E-state index contributed by atoms with van der Waals surface area (Å²) in [4.78, 5) is 49.2. The van der Waals surface area contributed by atoms with Crippen LogP contribution in [-0.4, -0.2) is 84.7 Å². The SMILES string of the molecule is Cc1nc(OC2CCC(NC(=O)OC(C)(C)C)CC2)c(C(=O)N[C@@H]2CCCN(c3cc(-c4ccc(=O)n(CC(F)F)n4)n4ncnc(N)c34)C2)s1. The zero-order valence-corrected chi connectivity index (χ0v) is 29.7. The molecule has 51 heavy (non-hydrogen) atoms. The number of nitrogens with two attached hydrogens (primary N) is 1. The lowest BCUT2D eigenvalue weighted by molar-refractivity contribution is 0.0468. The number of hydrogen-bond donors (Lipinski definition) is 3. The Morgan fingerprint density at radius 1 is 1.12 bits per heavy atom. The van der Waals surface area contributed by atoms with Crippen LogP contribution in [0, 0.1) is 6.92 Å². The minimum Gasteiger partial charge on any atom is -0.473 e. The van der Waals surface area contributed by atoms with Crippen LogP contribution in [0.15, 0.2) is 29.3 Å². The van der Waals surface area contributed by atoms with Crippen LogP contribution in [0.4, 0.5) is 25.1 Å². The lowest BCUT2D eigenvalue weighted by Crippen LogP contribution is -2.47. The van der Waals surface area contributed by atoms with Crippen LogP contribution >= 0.6 is 11.3 Å². The van der Waals surface area contributed by atoms with Crippen LogP contribution in [0.5, 0.6) is 5.88 Å². The van der Waals surface area contributed by atoms with E-state index in [0.29, 0.717) is 71.4 Å². The molecule has 4 aromatic heterocycles. The number of ether oxygens (including phenoxy) is 2. The number of piperidine rings is 1. The molecular weight excluding hydrogens is 686 g/mol. The largest absolute Gasteiger partial charge is 0.473 e. The number of nitrogens with zero attached hydrogens (tertiary/aromatic N) is 7. The molecule has 0 spiro atoms. The van der Waals surface area contributed by atoms with E-state index in [1.807, 2.05) is 27.7 Å². The summed E-state index contributed by atoms with van der Waals surface area (Å²) in [6, 6.07) is 4.19. The maximum atomic E-state index is 13.7. The number of aromatic nitrogens is 6. The molecular formula is C33H42F2N10O5S. The molecule has 1 saturated carbocycles. The number of alkyl carbamates (subject to hydrolysis) is 1. The van der Waals surface area contributed by atoms with Crippen molar-refractivity contribution in [2.75, 3.05) is 23.7 Å². The molecule has 0 radical (unpaired) electrons. The maximum absolute atomic E-state index is 13.7. The van der Waals surface area contributed by atoms with Crippen molar-refractivity contribution < 1.29 is 27.8 Å². The number of alkyl halides is 2. The third kappa shape index (κ3) is 8.54. The zero-order chi connectivity index (χ0) is 36.4. The first kappa shape index (κ1) is 35.9. The van der Waals surface area contributed by atoms with E-state index in [1.165, 1.54) is 34.3 Å². The second-order valence-electron chi connectivity index (χ2n) is 13.8. The Bertz CT molecular complexity index is 1950. The normalized spacial score (nSPS) is 19.7. The number of carbonyl (C=O) groups excluding carboxylic acids is 2. The van der Waals surface area contributed by atoms with Gasteiger partial charge in [-0.05, 0) is 78.4 Å². The van der Waals surface area contributed by atoms with E-state index in [4.69, 9.17) is 15.2 Å². The second-order valence-corrected chi connectivity index (χ2v) is 15.0. The summed E-state index contributed by atoms with van der Waals surface area (Å²) >= 11 is 1.27. The summed E-state index contributed by atoms with van der Waals surface area (Å²) in [5.41, 5.74) is 7.00. The summed E-state index contributed by atoms with van der Waals surface area (Å²) in [6.07, 6.45) is 2.26. The van der Waals surface area contributed by atoms with Gasteiger partial charge in [0.2, 0.25) is 5.88 Å². The second kappa shape index (κ2) is 14.8. The van der Waals surface area contributed by atoms with E-state index < -0.39 is 30.2 Å². The summed E-state index contributed by atoms with van der Waals surface area (Å²) in [6.45, 7) is 7.56. The summed E-state index contributed by atoms with van der Waals surface area (Å²) in [5.74, 6) is 0.230. The highest BCUT2D eigenvalue weighted by Gasteiger charge is 2.31. The Balaban J connectivity index is 1.13. The fourth-order valence-corrected chi connectivity index (χ4v) is 7.23. The highest BCUT2D eigenvalue weighted by atomic mass is 32.1. The van der Waals surface area contributed by atoms with Gasteiger partial charge in [-0.2, -0.15) is 10.2 Å². The van der Waals surface area contributed by atoms with Gasteiger partial charge >= 0.3 is 6.09 Å². The van der Waals surface area contributed by atoms with E-state index in [-0.39, 0.29) is 35.6 Å². The molecule has 0 bridgehead atoms. The molecule has 15 nitrogen and oxygen atoms in total. The minimum absolute atomic E-state index is 0.0127. The summed E-state index contributed by atoms with van der Waals surface area (Å²) in [5, 5.41) is 15.3. The third-order valence-corrected chi connectivity index (χ3v) is 9.63. The molecule has 1 atom stereocenters. The number of hydrogen-bond acceptors (Lipinski definition) is 12. The van der Waals surface area contributed by atoms with Gasteiger partial charge in [0.15, 0.2) is 10.7 Å². The number of fused-ring (bicyclic) bond motifs is 1. The van der Waals surface area contributed by atoms with Crippen molar-refractivity contribution in [1.82, 2.24) is 40.0 Å². The predicted octanol–water partition coefficient (Wildman–Crippen LogP) is 4.18. The van der Waals surface area contributed by atoms with Gasteiger partial charge < -0.3 is 30.7 Å². The van der Waals surface area contributed by atoms with Crippen LogP contribution in [0.2, 0.25) is 0 Å². The van der Waals surface area contributed by atoms with Crippen molar-refractivity contribution in [1.29, 1.82) is 0 Å². The minimum atomic E-state index is -2.75. The van der Waals surface area contributed by atoms with E-state index in [2.05, 4.69) is 35.7 Å². The van der Waals surface area contributed by atoms with Gasteiger partial charge in [-0.3, -0.25) is 9.59 Å². The first-order chi connectivity index (χ1) is 24.2. The van der Waals surface area contributed by atoms with Crippen molar-refractivity contribution in [3.05, 3.63) is 44.8 Å². The van der Waals surface area contributed by atoms with Crippen molar-refractivity contribution >= 4 is 40.4 Å². The molecule has 1 saturated heterocycles. The number of anilines is 2. The average molecular weight is 729 g/mol.